The van der Waals surface area contributed by atoms with Crippen molar-refractivity contribution in [3.63, 3.8) is 0 Å². The molecule has 1 aromatic rings. The van der Waals surface area contributed by atoms with Crippen LogP contribution in [-0.2, 0) is 9.59 Å². The number of anilines is 1. The number of nitrogens with zero attached hydrogens (tertiary/aromatic N) is 2. The van der Waals surface area contributed by atoms with Gasteiger partial charge in [-0.1, -0.05) is 0 Å². The van der Waals surface area contributed by atoms with Crippen molar-refractivity contribution in [1.29, 1.82) is 0 Å². The van der Waals surface area contributed by atoms with Crippen LogP contribution in [0.1, 0.15) is 21.7 Å². The van der Waals surface area contributed by atoms with Crippen LogP contribution in [0, 0.1) is 13.8 Å². The van der Waals surface area contributed by atoms with Crippen molar-refractivity contribution in [2.45, 2.75) is 13.8 Å². The number of aliphatic carboxylic acids is 2. The highest BCUT2D eigenvalue weighted by Crippen LogP contribution is 2.23. The number of primary amides is 1. The molecule has 0 unspecified atom stereocenters. The summed E-state index contributed by atoms with van der Waals surface area (Å²) in [6.45, 7) is 2.09. The van der Waals surface area contributed by atoms with Crippen molar-refractivity contribution < 1.29 is 24.6 Å². The lowest BCUT2D eigenvalue weighted by molar-refractivity contribution is -0.136. The normalized spacial score (nSPS) is 10.1. The van der Waals surface area contributed by atoms with Crippen LogP contribution in [0.2, 0.25) is 0 Å². The third-order valence-corrected chi connectivity index (χ3v) is 2.55. The van der Waals surface area contributed by atoms with Gasteiger partial charge in [-0.25, -0.2) is 0 Å². The second-order valence-electron chi connectivity index (χ2n) is 4.25. The summed E-state index contributed by atoms with van der Waals surface area (Å²) in [5.74, 6) is -3.21. The third-order valence-electron chi connectivity index (χ3n) is 2.55. The van der Waals surface area contributed by atoms with Gasteiger partial charge in [0.05, 0.1) is 16.9 Å². The molecule has 8 heteroatoms. The lowest BCUT2D eigenvalue weighted by Crippen LogP contribution is -2.36. The van der Waals surface area contributed by atoms with Gasteiger partial charge in [-0.2, -0.15) is 0 Å². The predicted octanol–water partition coefficient (Wildman–Crippen LogP) is -0.227. The van der Waals surface area contributed by atoms with Crippen molar-refractivity contribution in [2.75, 3.05) is 18.0 Å². The van der Waals surface area contributed by atoms with E-state index >= 15 is 0 Å². The highest BCUT2D eigenvalue weighted by Gasteiger charge is 2.22. The maximum absolute atomic E-state index is 11.5. The molecule has 8 nitrogen and oxygen atoms in total. The first-order valence-electron chi connectivity index (χ1n) is 5.69. The molecule has 0 aromatic carbocycles. The molecule has 0 aliphatic rings. The zero-order valence-corrected chi connectivity index (χ0v) is 11.1. The SMILES string of the molecule is Cc1cc(N(CC(=O)O)CC(=O)O)c(C(N)=O)c(C)n1. The van der Waals surface area contributed by atoms with E-state index in [0.29, 0.717) is 11.4 Å². The van der Waals surface area contributed by atoms with Gasteiger partial charge in [0.1, 0.15) is 13.1 Å². The highest BCUT2D eigenvalue weighted by molar-refractivity contribution is 6.00. The Morgan fingerprint density at radius 3 is 2.10 bits per heavy atom. The summed E-state index contributed by atoms with van der Waals surface area (Å²) in [5, 5.41) is 17.7. The predicted molar refractivity (Wildman–Crippen MR) is 69.7 cm³/mol. The summed E-state index contributed by atoms with van der Waals surface area (Å²) in [6.07, 6.45) is 0. The first-order valence-corrected chi connectivity index (χ1v) is 5.69. The average molecular weight is 281 g/mol. The summed E-state index contributed by atoms with van der Waals surface area (Å²) in [4.78, 5) is 38.3. The second-order valence-corrected chi connectivity index (χ2v) is 4.25. The van der Waals surface area contributed by atoms with Gasteiger partial charge >= 0.3 is 11.9 Å². The molecule has 1 amide bonds. The molecule has 1 heterocycles. The molecule has 0 aliphatic heterocycles. The number of aryl methyl sites for hydroxylation is 2. The maximum atomic E-state index is 11.5. The third kappa shape index (κ3) is 3.67. The minimum atomic E-state index is -1.21. The van der Waals surface area contributed by atoms with Crippen molar-refractivity contribution in [1.82, 2.24) is 4.98 Å². The van der Waals surface area contributed by atoms with Crippen molar-refractivity contribution in [2.24, 2.45) is 5.73 Å². The number of rotatable bonds is 6. The van der Waals surface area contributed by atoms with E-state index in [4.69, 9.17) is 15.9 Å². The first-order chi connectivity index (χ1) is 9.22. The molecule has 0 saturated heterocycles. The average Bonchev–Trinajstić information content (AvgIpc) is 2.24. The van der Waals surface area contributed by atoms with Crippen LogP contribution < -0.4 is 10.6 Å². The number of nitrogens with two attached hydrogens (primary N) is 1. The topological polar surface area (TPSA) is 134 Å². The number of pyridine rings is 1. The smallest absolute Gasteiger partial charge is 0.323 e. The Kier molecular flexibility index (Phi) is 4.63. The van der Waals surface area contributed by atoms with E-state index in [2.05, 4.69) is 4.98 Å². The lowest BCUT2D eigenvalue weighted by atomic mass is 10.1. The molecule has 20 heavy (non-hydrogen) atoms. The lowest BCUT2D eigenvalue weighted by Gasteiger charge is -2.23. The van der Waals surface area contributed by atoms with Crippen LogP contribution in [0.15, 0.2) is 6.07 Å². The summed E-state index contributed by atoms with van der Waals surface area (Å²) in [5.41, 5.74) is 6.31. The molecule has 108 valence electrons. The van der Waals surface area contributed by atoms with E-state index in [1.54, 1.807) is 13.8 Å². The standard InChI is InChI=1S/C12H15N3O5/c1-6-3-8(11(12(13)20)7(2)14-6)15(4-9(16)17)5-10(18)19/h3H,4-5H2,1-2H3,(H2,13,20)(H,16,17)(H,18,19). The van der Waals surface area contributed by atoms with E-state index in [-0.39, 0.29) is 11.3 Å². The van der Waals surface area contributed by atoms with Crippen LogP contribution in [0.4, 0.5) is 5.69 Å². The molecule has 0 saturated carbocycles. The Morgan fingerprint density at radius 1 is 1.20 bits per heavy atom. The summed E-state index contributed by atoms with van der Waals surface area (Å²) in [6, 6.07) is 1.44. The van der Waals surface area contributed by atoms with Gasteiger partial charge < -0.3 is 20.8 Å². The Bertz CT molecular complexity index is 554. The van der Waals surface area contributed by atoms with Gasteiger partial charge in [0, 0.05) is 5.69 Å². The fourth-order valence-electron chi connectivity index (χ4n) is 1.91. The zero-order valence-electron chi connectivity index (χ0n) is 11.1. The molecule has 0 radical (unpaired) electrons. The minimum Gasteiger partial charge on any atom is -0.480 e. The fourth-order valence-corrected chi connectivity index (χ4v) is 1.91. The van der Waals surface area contributed by atoms with E-state index in [9.17, 15) is 14.4 Å². The molecule has 1 aromatic heterocycles. The number of carbonyl (C=O) groups excluding carboxylic acids is 1. The Hall–Kier alpha value is -2.64. The quantitative estimate of drug-likeness (QED) is 0.655. The Labute approximate surface area is 114 Å². The Balaban J connectivity index is 3.40. The summed E-state index contributed by atoms with van der Waals surface area (Å²) < 4.78 is 0. The van der Waals surface area contributed by atoms with Gasteiger partial charge in [0.2, 0.25) is 0 Å². The maximum Gasteiger partial charge on any atom is 0.323 e. The monoisotopic (exact) mass is 281 g/mol. The highest BCUT2D eigenvalue weighted by atomic mass is 16.4. The van der Waals surface area contributed by atoms with Crippen molar-refractivity contribution >= 4 is 23.5 Å². The molecule has 0 atom stereocenters. The largest absolute Gasteiger partial charge is 0.480 e. The summed E-state index contributed by atoms with van der Waals surface area (Å²) in [7, 11) is 0. The molecule has 0 spiro atoms. The zero-order chi connectivity index (χ0) is 15.4. The minimum absolute atomic E-state index is 0.0260. The number of carbonyl (C=O) groups is 3. The molecule has 0 bridgehead atoms. The molecule has 0 aliphatic carbocycles. The fraction of sp³-hybridized carbons (Fsp3) is 0.333. The number of aromatic nitrogens is 1. The second kappa shape index (κ2) is 6.00. The van der Waals surface area contributed by atoms with Crippen LogP contribution in [0.25, 0.3) is 0 Å². The molecule has 4 N–H and O–H groups in total. The number of carboxylic acid groups (broad SMARTS) is 2. The summed E-state index contributed by atoms with van der Waals surface area (Å²) >= 11 is 0. The van der Waals surface area contributed by atoms with Gasteiger partial charge in [-0.15, -0.1) is 0 Å². The molecular weight excluding hydrogens is 266 g/mol. The number of amides is 1. The van der Waals surface area contributed by atoms with Crippen LogP contribution in [0.5, 0.6) is 0 Å². The Morgan fingerprint density at radius 2 is 1.70 bits per heavy atom. The number of hydrogen-bond donors (Lipinski definition) is 3. The van der Waals surface area contributed by atoms with Crippen molar-refractivity contribution in [3.05, 3.63) is 23.0 Å². The van der Waals surface area contributed by atoms with Gasteiger partial charge in [0.15, 0.2) is 0 Å². The molecule has 0 fully saturated rings. The number of carboxylic acids is 2. The van der Waals surface area contributed by atoms with Crippen LogP contribution >= 0.6 is 0 Å². The van der Waals surface area contributed by atoms with Gasteiger partial charge in [-0.3, -0.25) is 19.4 Å². The van der Waals surface area contributed by atoms with E-state index in [0.717, 1.165) is 4.90 Å². The molecular formula is C12H15N3O5. The van der Waals surface area contributed by atoms with Gasteiger partial charge in [0.25, 0.3) is 5.91 Å². The number of hydrogen-bond acceptors (Lipinski definition) is 5. The van der Waals surface area contributed by atoms with Crippen LogP contribution in [0.3, 0.4) is 0 Å². The van der Waals surface area contributed by atoms with Crippen LogP contribution in [-0.4, -0.2) is 46.1 Å². The van der Waals surface area contributed by atoms with Gasteiger partial charge in [-0.05, 0) is 19.9 Å². The van der Waals surface area contributed by atoms with E-state index in [1.807, 2.05) is 0 Å². The van der Waals surface area contributed by atoms with E-state index < -0.39 is 30.9 Å². The molecule has 1 rings (SSSR count). The van der Waals surface area contributed by atoms with Crippen molar-refractivity contribution in [3.8, 4) is 0 Å². The van der Waals surface area contributed by atoms with E-state index in [1.165, 1.54) is 6.07 Å². The first kappa shape index (κ1) is 15.4.